The van der Waals surface area contributed by atoms with Gasteiger partial charge in [-0.25, -0.2) is 4.21 Å². The lowest BCUT2D eigenvalue weighted by molar-refractivity contribution is 0.565. The van der Waals surface area contributed by atoms with Crippen LogP contribution in [0.4, 0.5) is 0 Å². The van der Waals surface area contributed by atoms with Gasteiger partial charge in [0, 0.05) is 5.39 Å². The molecule has 2 nitrogen and oxygen atoms in total. The van der Waals surface area contributed by atoms with Crippen molar-refractivity contribution < 1.29 is 8.76 Å². The number of rotatable bonds is 2. The van der Waals surface area contributed by atoms with Crippen LogP contribution in [0.3, 0.4) is 0 Å². The molecule has 0 amide bonds. The molecular formula is C15H16O2S. The smallest absolute Gasteiger partial charge is 0.187 e. The summed E-state index contributed by atoms with van der Waals surface area (Å²) in [7, 11) is 0. The van der Waals surface area contributed by atoms with Crippen LogP contribution < -0.4 is 0 Å². The zero-order chi connectivity index (χ0) is 12.5. The van der Waals surface area contributed by atoms with Crippen molar-refractivity contribution >= 4 is 21.9 Å². The van der Waals surface area contributed by atoms with Gasteiger partial charge in [-0.2, -0.15) is 0 Å². The van der Waals surface area contributed by atoms with Crippen molar-refractivity contribution in [1.29, 1.82) is 0 Å². The zero-order valence-electron chi connectivity index (χ0n) is 10.1. The molecule has 1 aliphatic rings. The van der Waals surface area contributed by atoms with E-state index < -0.39 is 11.1 Å². The molecule has 0 saturated heterocycles. The maximum atomic E-state index is 11.4. The van der Waals surface area contributed by atoms with E-state index in [0.29, 0.717) is 10.8 Å². The van der Waals surface area contributed by atoms with E-state index in [4.69, 9.17) is 0 Å². The first-order valence-corrected chi connectivity index (χ1v) is 7.50. The Balaban J connectivity index is 2.22. The second kappa shape index (κ2) is 4.82. The summed E-state index contributed by atoms with van der Waals surface area (Å²) in [5.41, 5.74) is 1.34. The quantitative estimate of drug-likeness (QED) is 0.826. The maximum absolute atomic E-state index is 11.4. The van der Waals surface area contributed by atoms with E-state index in [-0.39, 0.29) is 0 Å². The topological polar surface area (TPSA) is 37.3 Å². The number of hydrogen-bond donors (Lipinski definition) is 1. The minimum absolute atomic E-state index is 0.521. The molecule has 1 saturated carbocycles. The Hall–Kier alpha value is -1.19. The Morgan fingerprint density at radius 3 is 2.39 bits per heavy atom. The molecule has 94 valence electrons. The van der Waals surface area contributed by atoms with Gasteiger partial charge in [-0.05, 0) is 35.8 Å². The average Bonchev–Trinajstić information content (AvgIpc) is 2.91. The van der Waals surface area contributed by atoms with Gasteiger partial charge in [-0.15, -0.1) is 0 Å². The van der Waals surface area contributed by atoms with E-state index in [9.17, 15) is 8.76 Å². The third-order valence-corrected chi connectivity index (χ3v) is 4.63. The normalized spacial score (nSPS) is 18.3. The van der Waals surface area contributed by atoms with Crippen molar-refractivity contribution in [3.8, 4) is 0 Å². The summed E-state index contributed by atoms with van der Waals surface area (Å²) in [6, 6.07) is 11.8. The van der Waals surface area contributed by atoms with E-state index in [1.54, 1.807) is 6.07 Å². The van der Waals surface area contributed by atoms with Gasteiger partial charge in [0.05, 0.1) is 4.90 Å². The highest BCUT2D eigenvalue weighted by atomic mass is 32.2. The Morgan fingerprint density at radius 1 is 1.00 bits per heavy atom. The molecule has 1 N–H and O–H groups in total. The molecule has 0 heterocycles. The van der Waals surface area contributed by atoms with Crippen LogP contribution in [0.15, 0.2) is 41.3 Å². The molecule has 1 atom stereocenters. The van der Waals surface area contributed by atoms with E-state index in [1.165, 1.54) is 31.2 Å². The predicted octanol–water partition coefficient (Wildman–Crippen LogP) is 4.08. The molecule has 0 bridgehead atoms. The summed E-state index contributed by atoms with van der Waals surface area (Å²) in [5.74, 6) is 0.621. The standard InChI is InChI=1S/C15H16O2S/c16-18(17)15-10-4-8-13-12(7-3-9-14(13)15)11-5-1-2-6-11/h3-4,7-11H,1-2,5-6H2,(H,16,17). The molecule has 0 aromatic heterocycles. The Kier molecular flexibility index (Phi) is 3.18. The van der Waals surface area contributed by atoms with E-state index >= 15 is 0 Å². The summed E-state index contributed by atoms with van der Waals surface area (Å²) in [4.78, 5) is 0.521. The molecule has 1 unspecified atom stereocenters. The summed E-state index contributed by atoms with van der Waals surface area (Å²) < 4.78 is 20.7. The van der Waals surface area contributed by atoms with Crippen molar-refractivity contribution in [2.45, 2.75) is 36.5 Å². The Bertz CT molecular complexity index is 600. The monoisotopic (exact) mass is 260 g/mol. The number of fused-ring (bicyclic) bond motifs is 1. The van der Waals surface area contributed by atoms with Crippen LogP contribution in [0.25, 0.3) is 10.8 Å². The maximum Gasteiger partial charge on any atom is 0.187 e. The third kappa shape index (κ3) is 1.98. The lowest BCUT2D eigenvalue weighted by Gasteiger charge is -2.14. The zero-order valence-corrected chi connectivity index (χ0v) is 11.0. The molecule has 0 radical (unpaired) electrons. The molecule has 2 aromatic rings. The second-order valence-corrected chi connectivity index (χ2v) is 5.87. The van der Waals surface area contributed by atoms with Crippen molar-refractivity contribution in [2.75, 3.05) is 0 Å². The summed E-state index contributed by atoms with van der Waals surface area (Å²) in [5, 5.41) is 2.06. The fraction of sp³-hybridized carbons (Fsp3) is 0.333. The van der Waals surface area contributed by atoms with Crippen molar-refractivity contribution in [3.05, 3.63) is 42.0 Å². The molecular weight excluding hydrogens is 244 g/mol. The van der Waals surface area contributed by atoms with Crippen LogP contribution in [0, 0.1) is 0 Å². The second-order valence-electron chi connectivity index (χ2n) is 4.93. The lowest BCUT2D eigenvalue weighted by Crippen LogP contribution is -1.96. The van der Waals surface area contributed by atoms with Gasteiger partial charge >= 0.3 is 0 Å². The minimum Gasteiger partial charge on any atom is -0.302 e. The van der Waals surface area contributed by atoms with Crippen LogP contribution in [0.2, 0.25) is 0 Å². The van der Waals surface area contributed by atoms with E-state index in [0.717, 1.165) is 10.8 Å². The van der Waals surface area contributed by atoms with Crippen molar-refractivity contribution in [1.82, 2.24) is 0 Å². The molecule has 3 heteroatoms. The first-order valence-electron chi connectivity index (χ1n) is 6.40. The summed E-state index contributed by atoms with van der Waals surface area (Å²) >= 11 is -1.91. The van der Waals surface area contributed by atoms with Gasteiger partial charge in [-0.3, -0.25) is 0 Å². The average molecular weight is 260 g/mol. The molecule has 0 aliphatic heterocycles. The third-order valence-electron chi connectivity index (χ3n) is 3.90. The summed E-state index contributed by atoms with van der Waals surface area (Å²) in [6.07, 6.45) is 5.08. The predicted molar refractivity (Wildman–Crippen MR) is 74.2 cm³/mol. The van der Waals surface area contributed by atoms with Gasteiger partial charge in [0.1, 0.15) is 0 Å². The molecule has 1 aliphatic carbocycles. The largest absolute Gasteiger partial charge is 0.302 e. The Morgan fingerprint density at radius 2 is 1.67 bits per heavy atom. The van der Waals surface area contributed by atoms with Gasteiger partial charge in [0.25, 0.3) is 0 Å². The van der Waals surface area contributed by atoms with Crippen LogP contribution in [0.1, 0.15) is 37.2 Å². The molecule has 18 heavy (non-hydrogen) atoms. The molecule has 1 fully saturated rings. The first kappa shape index (κ1) is 11.9. The van der Waals surface area contributed by atoms with E-state index in [1.807, 2.05) is 18.2 Å². The summed E-state index contributed by atoms with van der Waals surface area (Å²) in [6.45, 7) is 0. The van der Waals surface area contributed by atoms with Crippen LogP contribution in [0.5, 0.6) is 0 Å². The molecule has 3 rings (SSSR count). The van der Waals surface area contributed by atoms with Crippen molar-refractivity contribution in [2.24, 2.45) is 0 Å². The van der Waals surface area contributed by atoms with Crippen LogP contribution in [-0.2, 0) is 11.1 Å². The number of benzene rings is 2. The van der Waals surface area contributed by atoms with Gasteiger partial charge in [0.2, 0.25) is 0 Å². The van der Waals surface area contributed by atoms with Gasteiger partial charge in [-0.1, -0.05) is 43.2 Å². The van der Waals surface area contributed by atoms with E-state index in [2.05, 4.69) is 12.1 Å². The molecule has 0 spiro atoms. The fourth-order valence-electron chi connectivity index (χ4n) is 3.05. The Labute approximate surface area is 109 Å². The SMILES string of the molecule is O=S(O)c1cccc2c(C3CCCC3)cccc12. The lowest BCUT2D eigenvalue weighted by atomic mass is 9.92. The van der Waals surface area contributed by atoms with Crippen LogP contribution >= 0.6 is 0 Å². The highest BCUT2D eigenvalue weighted by Gasteiger charge is 2.19. The van der Waals surface area contributed by atoms with Crippen molar-refractivity contribution in [3.63, 3.8) is 0 Å². The highest BCUT2D eigenvalue weighted by molar-refractivity contribution is 7.79. The highest BCUT2D eigenvalue weighted by Crippen LogP contribution is 2.38. The van der Waals surface area contributed by atoms with Gasteiger partial charge in [0.15, 0.2) is 11.1 Å². The first-order chi connectivity index (χ1) is 8.77. The van der Waals surface area contributed by atoms with Gasteiger partial charge < -0.3 is 4.55 Å². The minimum atomic E-state index is -1.91. The molecule has 2 aromatic carbocycles. The van der Waals surface area contributed by atoms with Crippen LogP contribution in [-0.4, -0.2) is 8.76 Å². The number of hydrogen-bond acceptors (Lipinski definition) is 1. The fourth-order valence-corrected chi connectivity index (χ4v) is 3.61.